The summed E-state index contributed by atoms with van der Waals surface area (Å²) in [5.41, 5.74) is 2.60. The summed E-state index contributed by atoms with van der Waals surface area (Å²) < 4.78 is 6.18. The summed E-state index contributed by atoms with van der Waals surface area (Å²) in [7, 11) is 0. The molecule has 2 saturated heterocycles. The van der Waals surface area contributed by atoms with Crippen LogP contribution >= 0.6 is 0 Å². The van der Waals surface area contributed by atoms with Crippen LogP contribution in [0.3, 0.4) is 0 Å². The predicted molar refractivity (Wildman–Crippen MR) is 119 cm³/mol. The van der Waals surface area contributed by atoms with Gasteiger partial charge in [0.05, 0.1) is 6.10 Å². The lowest BCUT2D eigenvalue weighted by molar-refractivity contribution is -0.0265. The molecule has 3 atom stereocenters. The van der Waals surface area contributed by atoms with Gasteiger partial charge in [0, 0.05) is 44.7 Å². The Balaban J connectivity index is 1.31. The molecule has 1 saturated carbocycles. The Labute approximate surface area is 176 Å². The van der Waals surface area contributed by atoms with Crippen LogP contribution in [0.1, 0.15) is 56.3 Å². The SMILES string of the molecule is CCNC(=NCC1CCN(C2CC2)C1)NCC1CCCOC1c1ccc(C)cc1. The zero-order valence-corrected chi connectivity index (χ0v) is 18.2. The van der Waals surface area contributed by atoms with Crippen LogP contribution in [0, 0.1) is 18.8 Å². The van der Waals surface area contributed by atoms with E-state index in [0.717, 1.165) is 44.7 Å². The van der Waals surface area contributed by atoms with E-state index in [2.05, 4.69) is 53.6 Å². The van der Waals surface area contributed by atoms with Gasteiger partial charge in [0.25, 0.3) is 0 Å². The zero-order chi connectivity index (χ0) is 20.1. The molecule has 0 spiro atoms. The monoisotopic (exact) mass is 398 g/mol. The van der Waals surface area contributed by atoms with Gasteiger partial charge in [0.2, 0.25) is 0 Å². The Morgan fingerprint density at radius 1 is 1.14 bits per heavy atom. The molecule has 3 unspecified atom stereocenters. The van der Waals surface area contributed by atoms with E-state index in [1.54, 1.807) is 0 Å². The lowest BCUT2D eigenvalue weighted by Gasteiger charge is -2.32. The van der Waals surface area contributed by atoms with Crippen molar-refractivity contribution in [2.24, 2.45) is 16.8 Å². The van der Waals surface area contributed by atoms with E-state index in [9.17, 15) is 0 Å². The Kier molecular flexibility index (Phi) is 7.09. The summed E-state index contributed by atoms with van der Waals surface area (Å²) in [5, 5.41) is 7.06. The molecule has 5 nitrogen and oxygen atoms in total. The number of aliphatic imine (C=N–C) groups is 1. The van der Waals surface area contributed by atoms with Crippen LogP contribution in [-0.2, 0) is 4.74 Å². The van der Waals surface area contributed by atoms with Gasteiger partial charge in [0.15, 0.2) is 5.96 Å². The number of aryl methyl sites for hydroxylation is 1. The van der Waals surface area contributed by atoms with Gasteiger partial charge in [-0.2, -0.15) is 0 Å². The second kappa shape index (κ2) is 9.94. The van der Waals surface area contributed by atoms with Crippen molar-refractivity contribution in [1.29, 1.82) is 0 Å². The van der Waals surface area contributed by atoms with Crippen molar-refractivity contribution in [2.45, 2.75) is 58.1 Å². The molecule has 5 heteroatoms. The average Bonchev–Trinajstić information content (AvgIpc) is 3.49. The van der Waals surface area contributed by atoms with Crippen LogP contribution in [0.2, 0.25) is 0 Å². The molecule has 0 radical (unpaired) electrons. The third-order valence-corrected chi connectivity index (χ3v) is 6.61. The van der Waals surface area contributed by atoms with Gasteiger partial charge in [-0.15, -0.1) is 0 Å². The number of benzene rings is 1. The minimum Gasteiger partial charge on any atom is -0.373 e. The van der Waals surface area contributed by atoms with Crippen molar-refractivity contribution in [3.05, 3.63) is 35.4 Å². The highest BCUT2D eigenvalue weighted by Gasteiger charge is 2.34. The Hall–Kier alpha value is -1.59. The van der Waals surface area contributed by atoms with Crippen LogP contribution in [0.5, 0.6) is 0 Å². The van der Waals surface area contributed by atoms with E-state index in [0.29, 0.717) is 11.8 Å². The maximum Gasteiger partial charge on any atom is 0.191 e. The number of nitrogens with zero attached hydrogens (tertiary/aromatic N) is 2. The fourth-order valence-electron chi connectivity index (χ4n) is 4.75. The minimum absolute atomic E-state index is 0.182. The van der Waals surface area contributed by atoms with Crippen LogP contribution in [0.4, 0.5) is 0 Å². The first kappa shape index (κ1) is 20.7. The molecular formula is C24H38N4O. The van der Waals surface area contributed by atoms with E-state index in [4.69, 9.17) is 9.73 Å². The van der Waals surface area contributed by atoms with Crippen molar-refractivity contribution < 1.29 is 4.74 Å². The fourth-order valence-corrected chi connectivity index (χ4v) is 4.75. The number of ether oxygens (including phenoxy) is 1. The summed E-state index contributed by atoms with van der Waals surface area (Å²) in [4.78, 5) is 7.60. The van der Waals surface area contributed by atoms with E-state index in [1.165, 1.54) is 49.9 Å². The molecular weight excluding hydrogens is 360 g/mol. The summed E-state index contributed by atoms with van der Waals surface area (Å²) in [6, 6.07) is 9.72. The molecule has 0 bridgehead atoms. The van der Waals surface area contributed by atoms with Gasteiger partial charge >= 0.3 is 0 Å². The number of guanidine groups is 1. The first-order chi connectivity index (χ1) is 14.2. The molecule has 0 amide bonds. The second-order valence-corrected chi connectivity index (χ2v) is 9.09. The molecule has 2 aliphatic heterocycles. The Morgan fingerprint density at radius 3 is 2.72 bits per heavy atom. The van der Waals surface area contributed by atoms with Crippen LogP contribution in [0.25, 0.3) is 0 Å². The fraction of sp³-hybridized carbons (Fsp3) is 0.708. The maximum absolute atomic E-state index is 6.18. The number of likely N-dealkylation sites (tertiary alicyclic amines) is 1. The minimum atomic E-state index is 0.182. The molecule has 3 fully saturated rings. The van der Waals surface area contributed by atoms with Gasteiger partial charge in [0.1, 0.15) is 0 Å². The molecule has 1 aliphatic carbocycles. The third-order valence-electron chi connectivity index (χ3n) is 6.61. The topological polar surface area (TPSA) is 48.9 Å². The third kappa shape index (κ3) is 5.73. The highest BCUT2D eigenvalue weighted by molar-refractivity contribution is 5.79. The highest BCUT2D eigenvalue weighted by atomic mass is 16.5. The lowest BCUT2D eigenvalue weighted by Crippen LogP contribution is -2.42. The first-order valence-corrected chi connectivity index (χ1v) is 11.7. The molecule has 4 rings (SSSR count). The summed E-state index contributed by atoms with van der Waals surface area (Å²) in [6.07, 6.45) is 6.63. The normalized spacial score (nSPS) is 28.5. The number of hydrogen-bond acceptors (Lipinski definition) is 3. The van der Waals surface area contributed by atoms with Crippen molar-refractivity contribution in [3.63, 3.8) is 0 Å². The Morgan fingerprint density at radius 2 is 1.97 bits per heavy atom. The first-order valence-electron chi connectivity index (χ1n) is 11.7. The quantitative estimate of drug-likeness (QED) is 0.545. The molecule has 3 aliphatic rings. The Bertz CT molecular complexity index is 670. The summed E-state index contributed by atoms with van der Waals surface area (Å²) in [6.45, 7) is 10.4. The van der Waals surface area contributed by atoms with Crippen molar-refractivity contribution >= 4 is 5.96 Å². The van der Waals surface area contributed by atoms with E-state index in [1.807, 2.05) is 0 Å². The molecule has 1 aromatic carbocycles. The molecule has 2 N–H and O–H groups in total. The van der Waals surface area contributed by atoms with E-state index >= 15 is 0 Å². The average molecular weight is 399 g/mol. The highest BCUT2D eigenvalue weighted by Crippen LogP contribution is 2.33. The van der Waals surface area contributed by atoms with Gasteiger partial charge in [-0.25, -0.2) is 0 Å². The standard InChI is InChI=1S/C24H38N4O/c1-3-25-24(26-15-19-12-13-28(17-19)22-10-11-22)27-16-21-5-4-14-29-23(21)20-8-6-18(2)7-9-20/h6-9,19,21-23H,3-5,10-17H2,1-2H3,(H2,25,26,27). The summed E-state index contributed by atoms with van der Waals surface area (Å²) in [5.74, 6) is 2.15. The largest absolute Gasteiger partial charge is 0.373 e. The predicted octanol–water partition coefficient (Wildman–Crippen LogP) is 3.50. The van der Waals surface area contributed by atoms with Gasteiger partial charge in [-0.3, -0.25) is 4.99 Å². The number of hydrogen-bond donors (Lipinski definition) is 2. The van der Waals surface area contributed by atoms with Gasteiger partial charge in [-0.05, 0) is 64.0 Å². The van der Waals surface area contributed by atoms with Crippen LogP contribution in [0.15, 0.2) is 29.3 Å². The van der Waals surface area contributed by atoms with Crippen LogP contribution in [-0.4, -0.2) is 56.2 Å². The van der Waals surface area contributed by atoms with Crippen molar-refractivity contribution in [2.75, 3.05) is 39.3 Å². The van der Waals surface area contributed by atoms with Crippen molar-refractivity contribution in [1.82, 2.24) is 15.5 Å². The number of rotatable bonds is 7. The molecule has 2 heterocycles. The zero-order valence-electron chi connectivity index (χ0n) is 18.2. The second-order valence-electron chi connectivity index (χ2n) is 9.09. The maximum atomic E-state index is 6.18. The summed E-state index contributed by atoms with van der Waals surface area (Å²) >= 11 is 0. The molecule has 1 aromatic rings. The van der Waals surface area contributed by atoms with E-state index < -0.39 is 0 Å². The van der Waals surface area contributed by atoms with Crippen molar-refractivity contribution in [3.8, 4) is 0 Å². The molecule has 160 valence electrons. The van der Waals surface area contributed by atoms with Gasteiger partial charge < -0.3 is 20.3 Å². The molecule has 0 aromatic heterocycles. The van der Waals surface area contributed by atoms with Gasteiger partial charge in [-0.1, -0.05) is 29.8 Å². The van der Waals surface area contributed by atoms with Crippen LogP contribution < -0.4 is 10.6 Å². The van der Waals surface area contributed by atoms with E-state index in [-0.39, 0.29) is 6.10 Å². The smallest absolute Gasteiger partial charge is 0.191 e. The lowest BCUT2D eigenvalue weighted by atomic mass is 9.89. The number of nitrogens with one attached hydrogen (secondary N) is 2. The molecule has 29 heavy (non-hydrogen) atoms.